The first kappa shape index (κ1) is 16.1. The molecule has 0 heterocycles. The SMILES string of the molecule is C=CCC(C)(C)C(=O)Nc1ccc(OCC)c2ccccc12. The average molecular weight is 297 g/mol. The van der Waals surface area contributed by atoms with Gasteiger partial charge in [0.05, 0.1) is 6.61 Å². The van der Waals surface area contributed by atoms with Crippen LogP contribution in [-0.2, 0) is 4.79 Å². The maximum absolute atomic E-state index is 12.5. The predicted octanol–water partition coefficient (Wildman–Crippen LogP) is 4.78. The zero-order chi connectivity index (χ0) is 16.2. The number of hydrogen-bond acceptors (Lipinski definition) is 2. The van der Waals surface area contributed by atoms with Gasteiger partial charge in [0.15, 0.2) is 0 Å². The molecule has 22 heavy (non-hydrogen) atoms. The average Bonchev–Trinajstić information content (AvgIpc) is 2.49. The molecule has 2 rings (SSSR count). The van der Waals surface area contributed by atoms with Crippen LogP contribution in [0.2, 0.25) is 0 Å². The van der Waals surface area contributed by atoms with E-state index in [2.05, 4.69) is 11.9 Å². The van der Waals surface area contributed by atoms with Crippen LogP contribution < -0.4 is 10.1 Å². The Labute approximate surface area is 132 Å². The largest absolute Gasteiger partial charge is 0.493 e. The first-order valence-electron chi connectivity index (χ1n) is 7.56. The van der Waals surface area contributed by atoms with Crippen molar-refractivity contribution in [2.45, 2.75) is 27.2 Å². The minimum Gasteiger partial charge on any atom is -0.493 e. The van der Waals surface area contributed by atoms with Gasteiger partial charge < -0.3 is 10.1 Å². The highest BCUT2D eigenvalue weighted by atomic mass is 16.5. The van der Waals surface area contributed by atoms with Crippen LogP contribution in [0.15, 0.2) is 49.1 Å². The van der Waals surface area contributed by atoms with Crippen molar-refractivity contribution in [1.29, 1.82) is 0 Å². The third-order valence-electron chi connectivity index (χ3n) is 3.70. The number of hydrogen-bond donors (Lipinski definition) is 1. The maximum atomic E-state index is 12.5. The Kier molecular flexibility index (Phi) is 4.86. The summed E-state index contributed by atoms with van der Waals surface area (Å²) in [5, 5.41) is 5.02. The number of nitrogens with one attached hydrogen (secondary N) is 1. The first-order valence-corrected chi connectivity index (χ1v) is 7.56. The number of ether oxygens (including phenoxy) is 1. The lowest BCUT2D eigenvalue weighted by Gasteiger charge is -2.22. The number of carbonyl (C=O) groups excluding carboxylic acids is 1. The standard InChI is InChI=1S/C19H23NO2/c1-5-13-19(3,4)18(21)20-16-11-12-17(22-6-2)15-10-8-7-9-14(15)16/h5,7-12H,1,6,13H2,2-4H3,(H,20,21). The normalized spacial score (nSPS) is 11.2. The van der Waals surface area contributed by atoms with Gasteiger partial charge in [-0.3, -0.25) is 4.79 Å². The summed E-state index contributed by atoms with van der Waals surface area (Å²) in [6.45, 7) is 10.1. The third-order valence-corrected chi connectivity index (χ3v) is 3.70. The summed E-state index contributed by atoms with van der Waals surface area (Å²) in [5.41, 5.74) is 0.322. The molecular formula is C19H23NO2. The Bertz CT molecular complexity index is 689. The molecule has 2 aromatic rings. The van der Waals surface area contributed by atoms with Gasteiger partial charge in [-0.05, 0) is 25.5 Å². The molecule has 0 saturated heterocycles. The van der Waals surface area contributed by atoms with Crippen LogP contribution in [0.1, 0.15) is 27.2 Å². The van der Waals surface area contributed by atoms with Gasteiger partial charge in [0, 0.05) is 21.9 Å². The fourth-order valence-electron chi connectivity index (χ4n) is 2.41. The molecule has 0 fully saturated rings. The summed E-state index contributed by atoms with van der Waals surface area (Å²) < 4.78 is 5.66. The smallest absolute Gasteiger partial charge is 0.230 e. The molecule has 0 radical (unpaired) electrons. The van der Waals surface area contributed by atoms with Crippen LogP contribution in [0.4, 0.5) is 5.69 Å². The molecule has 3 nitrogen and oxygen atoms in total. The Morgan fingerprint density at radius 1 is 1.23 bits per heavy atom. The maximum Gasteiger partial charge on any atom is 0.230 e. The number of fused-ring (bicyclic) bond motifs is 1. The zero-order valence-corrected chi connectivity index (χ0v) is 13.5. The van der Waals surface area contributed by atoms with E-state index in [1.807, 2.05) is 57.2 Å². The number of allylic oxidation sites excluding steroid dienone is 1. The second-order valence-electron chi connectivity index (χ2n) is 5.92. The lowest BCUT2D eigenvalue weighted by atomic mass is 9.88. The van der Waals surface area contributed by atoms with E-state index >= 15 is 0 Å². The van der Waals surface area contributed by atoms with Gasteiger partial charge in [-0.15, -0.1) is 6.58 Å². The van der Waals surface area contributed by atoms with Crippen LogP contribution in [-0.4, -0.2) is 12.5 Å². The van der Waals surface area contributed by atoms with Crippen molar-refractivity contribution in [2.75, 3.05) is 11.9 Å². The van der Waals surface area contributed by atoms with Gasteiger partial charge in [-0.25, -0.2) is 0 Å². The minimum absolute atomic E-state index is 0.0123. The van der Waals surface area contributed by atoms with Gasteiger partial charge in [0.2, 0.25) is 5.91 Å². The van der Waals surface area contributed by atoms with E-state index in [9.17, 15) is 4.79 Å². The summed E-state index contributed by atoms with van der Waals surface area (Å²) in [6, 6.07) is 11.7. The first-order chi connectivity index (χ1) is 10.5. The fourth-order valence-corrected chi connectivity index (χ4v) is 2.41. The van der Waals surface area contributed by atoms with Gasteiger partial charge in [0.25, 0.3) is 0 Å². The highest BCUT2D eigenvalue weighted by Gasteiger charge is 2.26. The number of carbonyl (C=O) groups is 1. The highest BCUT2D eigenvalue weighted by molar-refractivity contribution is 6.05. The van der Waals surface area contributed by atoms with E-state index in [0.717, 1.165) is 22.2 Å². The second kappa shape index (κ2) is 6.65. The van der Waals surface area contributed by atoms with Crippen LogP contribution in [0.3, 0.4) is 0 Å². The molecule has 0 bridgehead atoms. The second-order valence-corrected chi connectivity index (χ2v) is 5.92. The Balaban J connectivity index is 2.39. The summed E-state index contributed by atoms with van der Waals surface area (Å²) in [6.07, 6.45) is 2.41. The molecule has 116 valence electrons. The molecule has 0 aromatic heterocycles. The molecule has 0 saturated carbocycles. The monoisotopic (exact) mass is 297 g/mol. The molecule has 2 aromatic carbocycles. The van der Waals surface area contributed by atoms with Crippen molar-refractivity contribution in [3.05, 3.63) is 49.1 Å². The van der Waals surface area contributed by atoms with Gasteiger partial charge in [-0.1, -0.05) is 44.2 Å². The van der Waals surface area contributed by atoms with Crippen LogP contribution in [0.25, 0.3) is 10.8 Å². The quantitative estimate of drug-likeness (QED) is 0.779. The van der Waals surface area contributed by atoms with E-state index in [4.69, 9.17) is 4.74 Å². The van der Waals surface area contributed by atoms with E-state index < -0.39 is 5.41 Å². The van der Waals surface area contributed by atoms with Gasteiger partial charge >= 0.3 is 0 Å². The van der Waals surface area contributed by atoms with Gasteiger partial charge in [-0.2, -0.15) is 0 Å². The van der Waals surface area contributed by atoms with Crippen molar-refractivity contribution in [3.8, 4) is 5.75 Å². The summed E-state index contributed by atoms with van der Waals surface area (Å²) in [4.78, 5) is 12.5. The van der Waals surface area contributed by atoms with Crippen molar-refractivity contribution >= 4 is 22.4 Å². The molecule has 0 spiro atoms. The molecule has 0 atom stereocenters. The molecule has 1 amide bonds. The van der Waals surface area contributed by atoms with Crippen molar-refractivity contribution in [3.63, 3.8) is 0 Å². The van der Waals surface area contributed by atoms with Crippen molar-refractivity contribution < 1.29 is 9.53 Å². The fraction of sp³-hybridized carbons (Fsp3) is 0.316. The zero-order valence-electron chi connectivity index (χ0n) is 13.5. The van der Waals surface area contributed by atoms with Crippen LogP contribution >= 0.6 is 0 Å². The summed E-state index contributed by atoms with van der Waals surface area (Å²) >= 11 is 0. The van der Waals surface area contributed by atoms with Crippen molar-refractivity contribution in [1.82, 2.24) is 0 Å². The van der Waals surface area contributed by atoms with Crippen LogP contribution in [0, 0.1) is 5.41 Å². The highest BCUT2D eigenvalue weighted by Crippen LogP contribution is 2.33. The lowest BCUT2D eigenvalue weighted by molar-refractivity contribution is -0.123. The number of anilines is 1. The van der Waals surface area contributed by atoms with Crippen molar-refractivity contribution in [2.24, 2.45) is 5.41 Å². The molecule has 3 heteroatoms. The molecule has 0 aliphatic carbocycles. The summed E-state index contributed by atoms with van der Waals surface area (Å²) in [7, 11) is 0. The molecule has 0 aliphatic rings. The Hall–Kier alpha value is -2.29. The Morgan fingerprint density at radius 3 is 2.55 bits per heavy atom. The topological polar surface area (TPSA) is 38.3 Å². The van der Waals surface area contributed by atoms with E-state index in [1.54, 1.807) is 6.08 Å². The number of benzene rings is 2. The van der Waals surface area contributed by atoms with E-state index in [-0.39, 0.29) is 5.91 Å². The molecule has 0 aliphatic heterocycles. The van der Waals surface area contributed by atoms with Gasteiger partial charge in [0.1, 0.15) is 5.75 Å². The summed E-state index contributed by atoms with van der Waals surface area (Å²) in [5.74, 6) is 0.822. The predicted molar refractivity (Wildman–Crippen MR) is 92.3 cm³/mol. The number of amides is 1. The number of rotatable bonds is 6. The molecule has 1 N–H and O–H groups in total. The molecular weight excluding hydrogens is 274 g/mol. The Morgan fingerprint density at radius 2 is 1.91 bits per heavy atom. The minimum atomic E-state index is -0.485. The molecule has 0 unspecified atom stereocenters. The van der Waals surface area contributed by atoms with Crippen LogP contribution in [0.5, 0.6) is 5.75 Å². The lowest BCUT2D eigenvalue weighted by Crippen LogP contribution is -2.30. The van der Waals surface area contributed by atoms with E-state index in [0.29, 0.717) is 13.0 Å². The van der Waals surface area contributed by atoms with E-state index in [1.165, 1.54) is 0 Å². The third kappa shape index (κ3) is 3.30.